The summed E-state index contributed by atoms with van der Waals surface area (Å²) in [6.07, 6.45) is 4.52. The highest BCUT2D eigenvalue weighted by atomic mass is 16.2. The molecular formula is C21H25NO. The summed E-state index contributed by atoms with van der Waals surface area (Å²) in [5.74, 6) is 0.798. The molecule has 0 bridgehead atoms. The average molecular weight is 307 g/mol. The molecule has 1 saturated carbocycles. The zero-order valence-electron chi connectivity index (χ0n) is 14.0. The number of benzene rings is 2. The molecule has 2 nitrogen and oxygen atoms in total. The van der Waals surface area contributed by atoms with Gasteiger partial charge in [0.25, 0.3) is 5.91 Å². The highest BCUT2D eigenvalue weighted by Crippen LogP contribution is 2.34. The van der Waals surface area contributed by atoms with Crippen LogP contribution >= 0.6 is 0 Å². The maximum absolute atomic E-state index is 12.7. The number of aryl methyl sites for hydroxylation is 1. The van der Waals surface area contributed by atoms with Gasteiger partial charge in [-0.15, -0.1) is 0 Å². The molecule has 0 unspecified atom stereocenters. The number of nitrogens with zero attached hydrogens (tertiary/aromatic N) is 1. The zero-order chi connectivity index (χ0) is 16.2. The van der Waals surface area contributed by atoms with E-state index in [1.807, 2.05) is 43.1 Å². The van der Waals surface area contributed by atoms with Crippen molar-refractivity contribution in [2.75, 3.05) is 7.05 Å². The van der Waals surface area contributed by atoms with Gasteiger partial charge < -0.3 is 4.90 Å². The van der Waals surface area contributed by atoms with Gasteiger partial charge in [-0.3, -0.25) is 4.79 Å². The van der Waals surface area contributed by atoms with Crippen molar-refractivity contribution in [2.45, 2.75) is 44.6 Å². The maximum Gasteiger partial charge on any atom is 0.253 e. The first-order valence-electron chi connectivity index (χ1n) is 8.54. The van der Waals surface area contributed by atoms with Gasteiger partial charge in [0.05, 0.1) is 0 Å². The van der Waals surface area contributed by atoms with Crippen LogP contribution in [0.2, 0.25) is 0 Å². The fourth-order valence-corrected chi connectivity index (χ4v) is 3.67. The van der Waals surface area contributed by atoms with Gasteiger partial charge in [-0.05, 0) is 56.2 Å². The largest absolute Gasteiger partial charge is 0.339 e. The van der Waals surface area contributed by atoms with Gasteiger partial charge in [0, 0.05) is 18.7 Å². The van der Waals surface area contributed by atoms with Crippen LogP contribution < -0.4 is 0 Å². The number of carbonyl (C=O) groups is 1. The molecule has 0 N–H and O–H groups in total. The Labute approximate surface area is 139 Å². The molecule has 0 radical (unpaired) electrons. The number of rotatable bonds is 3. The standard InChI is InChI=1S/C21H25NO/c1-16-7-6-10-19(15-16)21(23)22(2)20-13-11-18(12-14-20)17-8-4-3-5-9-17/h3-10,15,18,20H,11-14H2,1-2H3. The predicted octanol–water partition coefficient (Wildman–Crippen LogP) is 4.79. The van der Waals surface area contributed by atoms with Crippen LogP contribution in [0.4, 0.5) is 0 Å². The molecule has 0 heterocycles. The topological polar surface area (TPSA) is 20.3 Å². The van der Waals surface area contributed by atoms with Crippen molar-refractivity contribution < 1.29 is 4.79 Å². The first-order chi connectivity index (χ1) is 11.1. The number of hydrogen-bond acceptors (Lipinski definition) is 1. The first-order valence-corrected chi connectivity index (χ1v) is 8.54. The fourth-order valence-electron chi connectivity index (χ4n) is 3.67. The van der Waals surface area contributed by atoms with Crippen molar-refractivity contribution in [3.63, 3.8) is 0 Å². The number of amides is 1. The Morgan fingerprint density at radius 2 is 1.65 bits per heavy atom. The third kappa shape index (κ3) is 3.64. The van der Waals surface area contributed by atoms with Crippen LogP contribution in [-0.2, 0) is 0 Å². The average Bonchev–Trinajstić information content (AvgIpc) is 2.61. The van der Waals surface area contributed by atoms with E-state index < -0.39 is 0 Å². The molecule has 1 aliphatic rings. The van der Waals surface area contributed by atoms with Gasteiger partial charge in [0.1, 0.15) is 0 Å². The smallest absolute Gasteiger partial charge is 0.253 e. The molecule has 0 saturated heterocycles. The van der Waals surface area contributed by atoms with E-state index in [1.165, 1.54) is 18.4 Å². The highest BCUT2D eigenvalue weighted by molar-refractivity contribution is 5.94. The van der Waals surface area contributed by atoms with Crippen molar-refractivity contribution in [2.24, 2.45) is 0 Å². The van der Waals surface area contributed by atoms with Gasteiger partial charge in [-0.2, -0.15) is 0 Å². The van der Waals surface area contributed by atoms with Gasteiger partial charge in [0.2, 0.25) is 0 Å². The second-order valence-corrected chi connectivity index (χ2v) is 6.70. The van der Waals surface area contributed by atoms with E-state index >= 15 is 0 Å². The van der Waals surface area contributed by atoms with E-state index in [0.717, 1.165) is 24.0 Å². The summed E-state index contributed by atoms with van der Waals surface area (Å²) in [7, 11) is 1.96. The Hall–Kier alpha value is -2.09. The molecule has 0 spiro atoms. The van der Waals surface area contributed by atoms with Crippen LogP contribution in [0, 0.1) is 6.92 Å². The van der Waals surface area contributed by atoms with Crippen LogP contribution in [0.1, 0.15) is 53.1 Å². The second-order valence-electron chi connectivity index (χ2n) is 6.70. The Balaban J connectivity index is 1.62. The van der Waals surface area contributed by atoms with E-state index in [1.54, 1.807) is 0 Å². The minimum Gasteiger partial charge on any atom is -0.339 e. The summed E-state index contributed by atoms with van der Waals surface area (Å²) in [4.78, 5) is 14.6. The van der Waals surface area contributed by atoms with Crippen molar-refractivity contribution in [1.82, 2.24) is 4.90 Å². The van der Waals surface area contributed by atoms with Crippen LogP contribution in [0.5, 0.6) is 0 Å². The molecular weight excluding hydrogens is 282 g/mol. The quantitative estimate of drug-likeness (QED) is 0.798. The lowest BCUT2D eigenvalue weighted by molar-refractivity contribution is 0.0689. The molecule has 23 heavy (non-hydrogen) atoms. The lowest BCUT2D eigenvalue weighted by Gasteiger charge is -2.35. The minimum absolute atomic E-state index is 0.150. The van der Waals surface area contributed by atoms with Crippen molar-refractivity contribution in [1.29, 1.82) is 0 Å². The first kappa shape index (κ1) is 15.8. The van der Waals surface area contributed by atoms with Crippen LogP contribution in [-0.4, -0.2) is 23.9 Å². The van der Waals surface area contributed by atoms with Gasteiger partial charge in [-0.25, -0.2) is 0 Å². The SMILES string of the molecule is Cc1cccc(C(=O)N(C)C2CCC(c3ccccc3)CC2)c1. The van der Waals surface area contributed by atoms with E-state index in [2.05, 4.69) is 30.3 Å². The minimum atomic E-state index is 0.150. The normalized spacial score (nSPS) is 21.0. The van der Waals surface area contributed by atoms with E-state index in [0.29, 0.717) is 12.0 Å². The lowest BCUT2D eigenvalue weighted by Crippen LogP contribution is -2.39. The summed E-state index contributed by atoms with van der Waals surface area (Å²) in [5.41, 5.74) is 3.38. The molecule has 1 amide bonds. The molecule has 2 aromatic rings. The summed E-state index contributed by atoms with van der Waals surface area (Å²) < 4.78 is 0. The third-order valence-corrected chi connectivity index (χ3v) is 5.10. The summed E-state index contributed by atoms with van der Waals surface area (Å²) in [6, 6.07) is 19.0. The molecule has 120 valence electrons. The molecule has 0 aromatic heterocycles. The number of hydrogen-bond donors (Lipinski definition) is 0. The molecule has 2 heteroatoms. The Bertz CT molecular complexity index is 657. The predicted molar refractivity (Wildman–Crippen MR) is 94.7 cm³/mol. The maximum atomic E-state index is 12.7. The van der Waals surface area contributed by atoms with E-state index in [4.69, 9.17) is 0 Å². The summed E-state index contributed by atoms with van der Waals surface area (Å²) in [6.45, 7) is 2.03. The third-order valence-electron chi connectivity index (χ3n) is 5.10. The Morgan fingerprint density at radius 1 is 0.957 bits per heavy atom. The van der Waals surface area contributed by atoms with Crippen molar-refractivity contribution in [3.05, 3.63) is 71.3 Å². The second kappa shape index (κ2) is 6.99. The molecule has 0 aliphatic heterocycles. The monoisotopic (exact) mass is 307 g/mol. The van der Waals surface area contributed by atoms with Crippen molar-refractivity contribution >= 4 is 5.91 Å². The molecule has 1 aliphatic carbocycles. The van der Waals surface area contributed by atoms with Crippen LogP contribution in [0.15, 0.2) is 54.6 Å². The molecule has 2 aromatic carbocycles. The zero-order valence-corrected chi connectivity index (χ0v) is 14.0. The van der Waals surface area contributed by atoms with Crippen molar-refractivity contribution in [3.8, 4) is 0 Å². The number of carbonyl (C=O) groups excluding carboxylic acids is 1. The summed E-state index contributed by atoms with van der Waals surface area (Å²) in [5, 5.41) is 0. The van der Waals surface area contributed by atoms with E-state index in [9.17, 15) is 4.79 Å². The van der Waals surface area contributed by atoms with Crippen LogP contribution in [0.25, 0.3) is 0 Å². The van der Waals surface area contributed by atoms with Crippen LogP contribution in [0.3, 0.4) is 0 Å². The molecule has 0 atom stereocenters. The summed E-state index contributed by atoms with van der Waals surface area (Å²) >= 11 is 0. The fraction of sp³-hybridized carbons (Fsp3) is 0.381. The molecule has 3 rings (SSSR count). The van der Waals surface area contributed by atoms with Gasteiger partial charge in [-0.1, -0.05) is 48.0 Å². The lowest BCUT2D eigenvalue weighted by atomic mass is 9.81. The van der Waals surface area contributed by atoms with E-state index in [-0.39, 0.29) is 5.91 Å². The highest BCUT2D eigenvalue weighted by Gasteiger charge is 2.27. The van der Waals surface area contributed by atoms with Gasteiger partial charge in [0.15, 0.2) is 0 Å². The molecule has 1 fully saturated rings. The Kier molecular flexibility index (Phi) is 4.80. The van der Waals surface area contributed by atoms with Gasteiger partial charge >= 0.3 is 0 Å². The Morgan fingerprint density at radius 3 is 2.30 bits per heavy atom.